The second-order valence-corrected chi connectivity index (χ2v) is 2.74. The molecule has 0 nitrogen and oxygen atoms in total. The topological polar surface area (TPSA) is 0 Å². The molecule has 1 unspecified atom stereocenters. The second kappa shape index (κ2) is 4.60. The molecule has 0 heteroatoms. The van der Waals surface area contributed by atoms with E-state index in [0.717, 1.165) is 5.92 Å². The second-order valence-electron chi connectivity index (χ2n) is 2.74. The summed E-state index contributed by atoms with van der Waals surface area (Å²) in [4.78, 5) is 0. The minimum absolute atomic E-state index is 0.773. The molecule has 0 bridgehead atoms. The van der Waals surface area contributed by atoms with Crippen LogP contribution in [0, 0.1) is 5.92 Å². The third kappa shape index (κ3) is 3.34. The summed E-state index contributed by atoms with van der Waals surface area (Å²) >= 11 is 0. The van der Waals surface area contributed by atoms with Gasteiger partial charge in [-0.15, -0.1) is 0 Å². The zero-order valence-electron chi connectivity index (χ0n) is 6.91. The highest BCUT2D eigenvalue weighted by Gasteiger charge is 2.03. The van der Waals surface area contributed by atoms with Gasteiger partial charge in [-0.1, -0.05) is 32.4 Å². The van der Waals surface area contributed by atoms with E-state index in [0.29, 0.717) is 0 Å². The van der Waals surface area contributed by atoms with Crippen molar-refractivity contribution in [2.45, 2.75) is 40.0 Å². The summed E-state index contributed by atoms with van der Waals surface area (Å²) < 4.78 is 0. The molecule has 0 radical (unpaired) electrons. The van der Waals surface area contributed by atoms with Crippen LogP contribution in [-0.4, -0.2) is 0 Å². The molecule has 1 atom stereocenters. The fourth-order valence-corrected chi connectivity index (χ4v) is 1.15. The first-order valence-corrected chi connectivity index (χ1v) is 3.87. The van der Waals surface area contributed by atoms with E-state index in [2.05, 4.69) is 27.4 Å². The molecule has 0 aliphatic heterocycles. The smallest absolute Gasteiger partial charge is 0.0211 e. The Labute approximate surface area is 59.0 Å². The van der Waals surface area contributed by atoms with Gasteiger partial charge in [0.2, 0.25) is 0 Å². The SMILES string of the molecule is C=C(C)C(CC)CCC. The summed E-state index contributed by atoms with van der Waals surface area (Å²) in [5.74, 6) is 0.773. The van der Waals surface area contributed by atoms with Crippen LogP contribution >= 0.6 is 0 Å². The Bertz CT molecular complexity index is 82.0. The molecule has 0 aliphatic rings. The van der Waals surface area contributed by atoms with Gasteiger partial charge in [0.25, 0.3) is 0 Å². The molecule has 0 aromatic heterocycles. The zero-order valence-corrected chi connectivity index (χ0v) is 6.91. The summed E-state index contributed by atoms with van der Waals surface area (Å²) in [6, 6.07) is 0. The lowest BCUT2D eigenvalue weighted by atomic mass is 9.94. The van der Waals surface area contributed by atoms with Gasteiger partial charge in [-0.25, -0.2) is 0 Å². The van der Waals surface area contributed by atoms with Crippen LogP contribution in [0.2, 0.25) is 0 Å². The van der Waals surface area contributed by atoms with E-state index in [4.69, 9.17) is 0 Å². The van der Waals surface area contributed by atoms with Crippen LogP contribution in [0.15, 0.2) is 12.2 Å². The van der Waals surface area contributed by atoms with Gasteiger partial charge in [0.1, 0.15) is 0 Å². The lowest BCUT2D eigenvalue weighted by Gasteiger charge is -2.12. The summed E-state index contributed by atoms with van der Waals surface area (Å²) in [5.41, 5.74) is 1.35. The molecule has 0 aromatic carbocycles. The average molecular weight is 126 g/mol. The fourth-order valence-electron chi connectivity index (χ4n) is 1.15. The number of hydrogen-bond acceptors (Lipinski definition) is 0. The Morgan fingerprint density at radius 1 is 1.44 bits per heavy atom. The van der Waals surface area contributed by atoms with Gasteiger partial charge in [0, 0.05) is 0 Å². The number of hydrogen-bond donors (Lipinski definition) is 0. The van der Waals surface area contributed by atoms with Crippen molar-refractivity contribution in [3.8, 4) is 0 Å². The molecule has 54 valence electrons. The van der Waals surface area contributed by atoms with Crippen molar-refractivity contribution < 1.29 is 0 Å². The van der Waals surface area contributed by atoms with Crippen LogP contribution in [0.1, 0.15) is 40.0 Å². The van der Waals surface area contributed by atoms with Crippen LogP contribution in [0.5, 0.6) is 0 Å². The average Bonchev–Trinajstić information content (AvgIpc) is 1.82. The van der Waals surface area contributed by atoms with E-state index in [-0.39, 0.29) is 0 Å². The Morgan fingerprint density at radius 3 is 2.11 bits per heavy atom. The molecule has 0 amide bonds. The lowest BCUT2D eigenvalue weighted by molar-refractivity contribution is 0.536. The normalized spacial score (nSPS) is 13.2. The molecule has 0 aliphatic carbocycles. The van der Waals surface area contributed by atoms with E-state index in [1.807, 2.05) is 0 Å². The molecule has 0 saturated carbocycles. The standard InChI is InChI=1S/C9H18/c1-5-7-9(6-2)8(3)4/h9H,3,5-7H2,1-2,4H3. The van der Waals surface area contributed by atoms with E-state index < -0.39 is 0 Å². The maximum Gasteiger partial charge on any atom is -0.0211 e. The van der Waals surface area contributed by atoms with Crippen molar-refractivity contribution in [1.82, 2.24) is 0 Å². The van der Waals surface area contributed by atoms with Crippen LogP contribution in [0.3, 0.4) is 0 Å². The highest BCUT2D eigenvalue weighted by Crippen LogP contribution is 2.17. The number of allylic oxidation sites excluding steroid dienone is 1. The van der Waals surface area contributed by atoms with Gasteiger partial charge in [-0.3, -0.25) is 0 Å². The van der Waals surface area contributed by atoms with Crippen molar-refractivity contribution in [2.75, 3.05) is 0 Å². The lowest BCUT2D eigenvalue weighted by Crippen LogP contribution is -1.97. The Morgan fingerprint density at radius 2 is 2.00 bits per heavy atom. The van der Waals surface area contributed by atoms with Crippen molar-refractivity contribution in [3.05, 3.63) is 12.2 Å². The van der Waals surface area contributed by atoms with E-state index in [1.54, 1.807) is 0 Å². The quantitative estimate of drug-likeness (QED) is 0.506. The van der Waals surface area contributed by atoms with E-state index >= 15 is 0 Å². The van der Waals surface area contributed by atoms with Gasteiger partial charge in [-0.05, 0) is 25.7 Å². The summed E-state index contributed by atoms with van der Waals surface area (Å²) in [6.45, 7) is 10.5. The predicted octanol–water partition coefficient (Wildman–Crippen LogP) is 3.39. The Kier molecular flexibility index (Phi) is 4.47. The van der Waals surface area contributed by atoms with Gasteiger partial charge in [0.15, 0.2) is 0 Å². The highest BCUT2D eigenvalue weighted by molar-refractivity contribution is 4.94. The molecule has 0 N–H and O–H groups in total. The summed E-state index contributed by atoms with van der Waals surface area (Å²) in [6.07, 6.45) is 3.85. The molecule has 9 heavy (non-hydrogen) atoms. The molecule has 0 fully saturated rings. The largest absolute Gasteiger partial charge is 0.0999 e. The van der Waals surface area contributed by atoms with Gasteiger partial charge in [0.05, 0.1) is 0 Å². The molecule has 0 heterocycles. The fraction of sp³-hybridized carbons (Fsp3) is 0.778. The number of rotatable bonds is 4. The van der Waals surface area contributed by atoms with Gasteiger partial charge in [-0.2, -0.15) is 0 Å². The third-order valence-electron chi connectivity index (χ3n) is 1.83. The van der Waals surface area contributed by atoms with Crippen LogP contribution in [-0.2, 0) is 0 Å². The van der Waals surface area contributed by atoms with E-state index in [9.17, 15) is 0 Å². The van der Waals surface area contributed by atoms with Crippen molar-refractivity contribution in [1.29, 1.82) is 0 Å². The summed E-state index contributed by atoms with van der Waals surface area (Å²) in [5, 5.41) is 0. The predicted molar refractivity (Wildman–Crippen MR) is 43.5 cm³/mol. The minimum Gasteiger partial charge on any atom is -0.0999 e. The molecular weight excluding hydrogens is 108 g/mol. The molecule has 0 spiro atoms. The molecule has 0 aromatic rings. The van der Waals surface area contributed by atoms with Gasteiger partial charge < -0.3 is 0 Å². The minimum atomic E-state index is 0.773. The Balaban J connectivity index is 3.54. The van der Waals surface area contributed by atoms with Crippen molar-refractivity contribution in [3.63, 3.8) is 0 Å². The summed E-state index contributed by atoms with van der Waals surface area (Å²) in [7, 11) is 0. The van der Waals surface area contributed by atoms with Crippen molar-refractivity contribution >= 4 is 0 Å². The zero-order chi connectivity index (χ0) is 7.28. The maximum absolute atomic E-state index is 3.94. The highest BCUT2D eigenvalue weighted by atomic mass is 14.1. The van der Waals surface area contributed by atoms with Gasteiger partial charge >= 0.3 is 0 Å². The molecular formula is C9H18. The third-order valence-corrected chi connectivity index (χ3v) is 1.83. The van der Waals surface area contributed by atoms with Crippen LogP contribution in [0.4, 0.5) is 0 Å². The van der Waals surface area contributed by atoms with Crippen molar-refractivity contribution in [2.24, 2.45) is 5.92 Å². The van der Waals surface area contributed by atoms with E-state index in [1.165, 1.54) is 24.8 Å². The first-order chi connectivity index (χ1) is 4.22. The molecule has 0 saturated heterocycles. The first-order valence-electron chi connectivity index (χ1n) is 3.87. The van der Waals surface area contributed by atoms with Crippen LogP contribution in [0.25, 0.3) is 0 Å². The molecule has 0 rings (SSSR count). The Hall–Kier alpha value is -0.260. The van der Waals surface area contributed by atoms with Crippen LogP contribution < -0.4 is 0 Å². The maximum atomic E-state index is 3.94. The monoisotopic (exact) mass is 126 g/mol. The first kappa shape index (κ1) is 8.74.